The van der Waals surface area contributed by atoms with E-state index >= 15 is 0 Å². The van der Waals surface area contributed by atoms with Gasteiger partial charge in [0.15, 0.2) is 11.9 Å². The molecule has 0 radical (unpaired) electrons. The predicted molar refractivity (Wildman–Crippen MR) is 48.7 cm³/mol. The topological polar surface area (TPSA) is 44.8 Å². The van der Waals surface area contributed by atoms with Gasteiger partial charge in [0.1, 0.15) is 0 Å². The lowest BCUT2D eigenvalue weighted by atomic mass is 9.94. The van der Waals surface area contributed by atoms with E-state index in [0.29, 0.717) is 6.61 Å². The van der Waals surface area contributed by atoms with E-state index in [1.165, 1.54) is 13.5 Å². The van der Waals surface area contributed by atoms with E-state index in [9.17, 15) is 4.79 Å². The van der Waals surface area contributed by atoms with Gasteiger partial charge in [-0.25, -0.2) is 4.79 Å². The maximum atomic E-state index is 11.2. The molecule has 1 spiro atoms. The monoisotopic (exact) mass is 200 g/mol. The van der Waals surface area contributed by atoms with Gasteiger partial charge in [-0.2, -0.15) is 0 Å². The smallest absolute Gasteiger partial charge is 0.337 e. The van der Waals surface area contributed by atoms with Crippen LogP contribution in [0.25, 0.3) is 0 Å². The van der Waals surface area contributed by atoms with Gasteiger partial charge in [-0.15, -0.1) is 0 Å². The third kappa shape index (κ3) is 1.77. The molecule has 0 bridgehead atoms. The molecule has 0 amide bonds. The summed E-state index contributed by atoms with van der Waals surface area (Å²) < 4.78 is 15.9. The molecule has 1 unspecified atom stereocenters. The second-order valence-corrected chi connectivity index (χ2v) is 3.91. The Morgan fingerprint density at radius 1 is 1.36 bits per heavy atom. The average Bonchev–Trinajstić information content (AvgIpc) is 2.62. The minimum atomic E-state index is -0.516. The van der Waals surface area contributed by atoms with Crippen molar-refractivity contribution in [3.8, 4) is 0 Å². The lowest BCUT2D eigenvalue weighted by molar-refractivity contribution is -0.195. The zero-order valence-corrected chi connectivity index (χ0v) is 8.45. The number of esters is 1. The molecule has 1 saturated carbocycles. The van der Waals surface area contributed by atoms with Crippen LogP contribution in [0.15, 0.2) is 0 Å². The molecular weight excluding hydrogens is 184 g/mol. The summed E-state index contributed by atoms with van der Waals surface area (Å²) in [5.74, 6) is -0.802. The van der Waals surface area contributed by atoms with Crippen molar-refractivity contribution in [3.63, 3.8) is 0 Å². The van der Waals surface area contributed by atoms with Gasteiger partial charge in [0.05, 0.1) is 13.7 Å². The van der Waals surface area contributed by atoms with Gasteiger partial charge < -0.3 is 14.2 Å². The highest BCUT2D eigenvalue weighted by molar-refractivity contribution is 5.75. The molecule has 1 aliphatic carbocycles. The van der Waals surface area contributed by atoms with Crippen LogP contribution < -0.4 is 0 Å². The Morgan fingerprint density at radius 2 is 2.07 bits per heavy atom. The Bertz CT molecular complexity index is 220. The fraction of sp³-hybridized carbons (Fsp3) is 0.900. The number of hydrogen-bond acceptors (Lipinski definition) is 4. The Balaban J connectivity index is 1.95. The van der Waals surface area contributed by atoms with Crippen molar-refractivity contribution in [3.05, 3.63) is 0 Å². The molecule has 0 aromatic rings. The van der Waals surface area contributed by atoms with Crippen molar-refractivity contribution in [2.24, 2.45) is 0 Å². The van der Waals surface area contributed by atoms with Crippen molar-refractivity contribution < 1.29 is 19.0 Å². The van der Waals surface area contributed by atoms with Gasteiger partial charge in [0.25, 0.3) is 0 Å². The lowest BCUT2D eigenvalue weighted by Gasteiger charge is -2.31. The highest BCUT2D eigenvalue weighted by Crippen LogP contribution is 2.37. The molecule has 0 aromatic carbocycles. The number of rotatable bonds is 1. The molecule has 2 aliphatic rings. The van der Waals surface area contributed by atoms with Crippen LogP contribution in [0, 0.1) is 0 Å². The summed E-state index contributed by atoms with van der Waals surface area (Å²) in [4.78, 5) is 11.2. The molecule has 0 aromatic heterocycles. The van der Waals surface area contributed by atoms with Crippen LogP contribution in [0.4, 0.5) is 0 Å². The first-order chi connectivity index (χ1) is 6.76. The van der Waals surface area contributed by atoms with Gasteiger partial charge in [-0.1, -0.05) is 6.42 Å². The van der Waals surface area contributed by atoms with Crippen LogP contribution in [0.3, 0.4) is 0 Å². The van der Waals surface area contributed by atoms with Gasteiger partial charge in [0.2, 0.25) is 0 Å². The summed E-state index contributed by atoms with van der Waals surface area (Å²) in [6.07, 6.45) is 4.76. The third-order valence-corrected chi connectivity index (χ3v) is 2.93. The largest absolute Gasteiger partial charge is 0.467 e. The second kappa shape index (κ2) is 3.87. The Hall–Kier alpha value is -0.610. The molecule has 2 fully saturated rings. The Morgan fingerprint density at radius 3 is 2.71 bits per heavy atom. The summed E-state index contributed by atoms with van der Waals surface area (Å²) in [7, 11) is 1.37. The Labute approximate surface area is 83.5 Å². The minimum Gasteiger partial charge on any atom is -0.467 e. The van der Waals surface area contributed by atoms with E-state index in [-0.39, 0.29) is 5.97 Å². The maximum Gasteiger partial charge on any atom is 0.337 e. The normalized spacial score (nSPS) is 30.5. The first-order valence-electron chi connectivity index (χ1n) is 5.15. The predicted octanol–water partition coefficient (Wildman–Crippen LogP) is 1.24. The molecule has 2 rings (SSSR count). The summed E-state index contributed by atoms with van der Waals surface area (Å²) in [5.41, 5.74) is 0. The summed E-state index contributed by atoms with van der Waals surface area (Å²) in [6.45, 7) is 0.340. The van der Waals surface area contributed by atoms with Gasteiger partial charge in [0, 0.05) is 12.8 Å². The quantitative estimate of drug-likeness (QED) is 0.597. The molecule has 1 aliphatic heterocycles. The highest BCUT2D eigenvalue weighted by Gasteiger charge is 2.45. The molecule has 4 nitrogen and oxygen atoms in total. The summed E-state index contributed by atoms with van der Waals surface area (Å²) in [5, 5.41) is 0. The lowest BCUT2D eigenvalue weighted by Crippen LogP contribution is -2.35. The minimum absolute atomic E-state index is 0.326. The second-order valence-electron chi connectivity index (χ2n) is 3.91. The molecule has 0 N–H and O–H groups in total. The van der Waals surface area contributed by atoms with Gasteiger partial charge in [-0.05, 0) is 12.8 Å². The highest BCUT2D eigenvalue weighted by atomic mass is 16.8. The summed E-state index contributed by atoms with van der Waals surface area (Å²) >= 11 is 0. The van der Waals surface area contributed by atoms with Crippen molar-refractivity contribution >= 4 is 5.97 Å². The molecule has 14 heavy (non-hydrogen) atoms. The number of methoxy groups -OCH3 is 1. The van der Waals surface area contributed by atoms with Crippen LogP contribution >= 0.6 is 0 Å². The molecular formula is C10H16O4. The standard InChI is InChI=1S/C10H16O4/c1-12-9(11)8-7-13-10(14-8)5-3-2-4-6-10/h8H,2-7H2,1H3. The number of hydrogen-bond donors (Lipinski definition) is 0. The fourth-order valence-corrected chi connectivity index (χ4v) is 2.16. The van der Waals surface area contributed by atoms with Gasteiger partial charge in [-0.3, -0.25) is 0 Å². The summed E-state index contributed by atoms with van der Waals surface area (Å²) in [6, 6.07) is 0. The van der Waals surface area contributed by atoms with E-state index in [0.717, 1.165) is 25.7 Å². The number of carbonyl (C=O) groups excluding carboxylic acids is 1. The van der Waals surface area contributed by atoms with Crippen molar-refractivity contribution in [2.75, 3.05) is 13.7 Å². The fourth-order valence-electron chi connectivity index (χ4n) is 2.16. The van der Waals surface area contributed by atoms with Gasteiger partial charge >= 0.3 is 5.97 Å². The number of ether oxygens (including phenoxy) is 3. The zero-order valence-electron chi connectivity index (χ0n) is 8.45. The van der Waals surface area contributed by atoms with Crippen LogP contribution in [0.5, 0.6) is 0 Å². The van der Waals surface area contributed by atoms with Crippen LogP contribution in [0.2, 0.25) is 0 Å². The maximum absolute atomic E-state index is 11.2. The molecule has 1 saturated heterocycles. The van der Waals surface area contributed by atoms with Crippen LogP contribution in [-0.4, -0.2) is 31.6 Å². The molecule has 80 valence electrons. The molecule has 1 heterocycles. The van der Waals surface area contributed by atoms with E-state index in [2.05, 4.69) is 4.74 Å². The third-order valence-electron chi connectivity index (χ3n) is 2.93. The van der Waals surface area contributed by atoms with Crippen molar-refractivity contribution in [1.29, 1.82) is 0 Å². The average molecular weight is 200 g/mol. The van der Waals surface area contributed by atoms with E-state index in [1.807, 2.05) is 0 Å². The van der Waals surface area contributed by atoms with Crippen molar-refractivity contribution in [1.82, 2.24) is 0 Å². The van der Waals surface area contributed by atoms with E-state index in [1.54, 1.807) is 0 Å². The zero-order chi connectivity index (χ0) is 10.0. The molecule has 1 atom stereocenters. The first-order valence-corrected chi connectivity index (χ1v) is 5.15. The number of carbonyl (C=O) groups is 1. The SMILES string of the molecule is COC(=O)C1COC2(CCCCC2)O1. The van der Waals surface area contributed by atoms with Crippen LogP contribution in [0.1, 0.15) is 32.1 Å². The van der Waals surface area contributed by atoms with E-state index < -0.39 is 11.9 Å². The van der Waals surface area contributed by atoms with E-state index in [4.69, 9.17) is 9.47 Å². The molecule has 4 heteroatoms. The van der Waals surface area contributed by atoms with Crippen LogP contribution in [-0.2, 0) is 19.0 Å². The first kappa shape index (κ1) is 9.93. The van der Waals surface area contributed by atoms with Crippen molar-refractivity contribution in [2.45, 2.75) is 44.0 Å². The Kier molecular flexibility index (Phi) is 2.74.